The number of nitrogens with one attached hydrogen (secondary N) is 3. The Morgan fingerprint density at radius 1 is 0.806 bits per heavy atom. The summed E-state index contributed by atoms with van der Waals surface area (Å²) in [5.41, 5.74) is 0.592. The average Bonchev–Trinajstić information content (AvgIpc) is 2.78. The molecule has 194 valence electrons. The number of ether oxygens (including phenoxy) is 1. The molecule has 36 heavy (non-hydrogen) atoms. The predicted octanol–water partition coefficient (Wildman–Crippen LogP) is 2.14. The molecule has 3 atom stereocenters. The lowest BCUT2D eigenvalue weighted by molar-refractivity contribution is -0.142. The fraction of sp³-hybridized carbons (Fsp3) is 0.385. The average molecular weight is 500 g/mol. The van der Waals surface area contributed by atoms with Gasteiger partial charge >= 0.3 is 12.1 Å². The summed E-state index contributed by atoms with van der Waals surface area (Å²) >= 11 is 0. The summed E-state index contributed by atoms with van der Waals surface area (Å²) in [7, 11) is 0. The highest BCUT2D eigenvalue weighted by molar-refractivity contribution is 5.92. The molecule has 0 saturated carbocycles. The molecule has 0 heterocycles. The maximum absolute atomic E-state index is 13.0. The van der Waals surface area contributed by atoms with Gasteiger partial charge in [0.25, 0.3) is 0 Å². The van der Waals surface area contributed by atoms with Crippen LogP contribution in [0.3, 0.4) is 0 Å². The van der Waals surface area contributed by atoms with Crippen molar-refractivity contribution in [2.45, 2.75) is 64.3 Å². The molecule has 2 aromatic carbocycles. The molecule has 10 heteroatoms. The molecule has 0 fully saturated rings. The number of amides is 3. The second-order valence-electron chi connectivity index (χ2n) is 9.39. The van der Waals surface area contributed by atoms with E-state index in [2.05, 4.69) is 16.0 Å². The first-order valence-electron chi connectivity index (χ1n) is 11.5. The van der Waals surface area contributed by atoms with Gasteiger partial charge in [0.05, 0.1) is 0 Å². The number of carbonyl (C=O) groups excluding carboxylic acids is 3. The van der Waals surface area contributed by atoms with Crippen LogP contribution < -0.4 is 16.0 Å². The number of rotatable bonds is 10. The van der Waals surface area contributed by atoms with Crippen molar-refractivity contribution in [2.75, 3.05) is 0 Å². The smallest absolute Gasteiger partial charge is 0.408 e. The Morgan fingerprint density at radius 3 is 1.92 bits per heavy atom. The third-order valence-electron chi connectivity index (χ3n) is 5.03. The summed E-state index contributed by atoms with van der Waals surface area (Å²) in [5.74, 6) is -2.50. The maximum Gasteiger partial charge on any atom is 0.408 e. The molecule has 3 amide bonds. The Labute approximate surface area is 210 Å². The van der Waals surface area contributed by atoms with Gasteiger partial charge in [-0.2, -0.15) is 0 Å². The van der Waals surface area contributed by atoms with Crippen molar-refractivity contribution in [1.29, 1.82) is 0 Å². The van der Waals surface area contributed by atoms with E-state index in [1.165, 1.54) is 19.1 Å². The van der Waals surface area contributed by atoms with Crippen molar-refractivity contribution in [1.82, 2.24) is 16.0 Å². The Kier molecular flexibility index (Phi) is 9.83. The zero-order valence-corrected chi connectivity index (χ0v) is 20.8. The van der Waals surface area contributed by atoms with Gasteiger partial charge in [-0.25, -0.2) is 9.59 Å². The fourth-order valence-corrected chi connectivity index (χ4v) is 3.25. The van der Waals surface area contributed by atoms with Gasteiger partial charge in [0, 0.05) is 12.8 Å². The van der Waals surface area contributed by atoms with Crippen LogP contribution in [0.25, 0.3) is 0 Å². The first-order chi connectivity index (χ1) is 16.8. The van der Waals surface area contributed by atoms with Gasteiger partial charge < -0.3 is 30.9 Å². The van der Waals surface area contributed by atoms with Gasteiger partial charge in [-0.1, -0.05) is 42.5 Å². The van der Waals surface area contributed by atoms with Crippen molar-refractivity contribution in [3.63, 3.8) is 0 Å². The third-order valence-corrected chi connectivity index (χ3v) is 5.03. The van der Waals surface area contributed by atoms with Crippen LogP contribution in [-0.4, -0.2) is 57.8 Å². The number of aromatic hydroxyl groups is 1. The molecule has 3 unspecified atom stereocenters. The van der Waals surface area contributed by atoms with Crippen molar-refractivity contribution in [2.24, 2.45) is 0 Å². The van der Waals surface area contributed by atoms with Crippen LogP contribution in [0.1, 0.15) is 38.8 Å². The summed E-state index contributed by atoms with van der Waals surface area (Å²) in [6.07, 6.45) is -0.676. The number of alkyl carbamates (subject to hydrolysis) is 1. The van der Waals surface area contributed by atoms with Gasteiger partial charge in [-0.3, -0.25) is 9.59 Å². The number of aliphatic carboxylic acids is 1. The van der Waals surface area contributed by atoms with E-state index in [0.717, 1.165) is 5.56 Å². The Bertz CT molecular complexity index is 1050. The maximum atomic E-state index is 13.0. The highest BCUT2D eigenvalue weighted by Crippen LogP contribution is 2.13. The van der Waals surface area contributed by atoms with Gasteiger partial charge in [-0.05, 0) is 51.0 Å². The lowest BCUT2D eigenvalue weighted by Crippen LogP contribution is -2.55. The fourth-order valence-electron chi connectivity index (χ4n) is 3.25. The molecular formula is C26H33N3O7. The van der Waals surface area contributed by atoms with E-state index < -0.39 is 47.6 Å². The second-order valence-corrected chi connectivity index (χ2v) is 9.39. The summed E-state index contributed by atoms with van der Waals surface area (Å²) in [6.45, 7) is 6.47. The van der Waals surface area contributed by atoms with E-state index in [1.54, 1.807) is 63.2 Å². The summed E-state index contributed by atoms with van der Waals surface area (Å²) < 4.78 is 5.25. The van der Waals surface area contributed by atoms with E-state index in [0.29, 0.717) is 5.56 Å². The number of carboxylic acid groups (broad SMARTS) is 1. The Balaban J connectivity index is 2.08. The van der Waals surface area contributed by atoms with Crippen molar-refractivity contribution >= 4 is 23.9 Å². The lowest BCUT2D eigenvalue weighted by atomic mass is 10.0. The first-order valence-corrected chi connectivity index (χ1v) is 11.5. The molecule has 2 rings (SSSR count). The topological polar surface area (TPSA) is 154 Å². The van der Waals surface area contributed by atoms with Crippen LogP contribution >= 0.6 is 0 Å². The molecular weight excluding hydrogens is 466 g/mol. The highest BCUT2D eigenvalue weighted by Gasteiger charge is 2.29. The highest BCUT2D eigenvalue weighted by atomic mass is 16.6. The first kappa shape index (κ1) is 28.2. The molecule has 2 aromatic rings. The monoisotopic (exact) mass is 499 g/mol. The molecule has 0 aliphatic heterocycles. The number of benzene rings is 2. The van der Waals surface area contributed by atoms with E-state index in [-0.39, 0.29) is 18.6 Å². The van der Waals surface area contributed by atoms with Crippen LogP contribution in [0.4, 0.5) is 4.79 Å². The summed E-state index contributed by atoms with van der Waals surface area (Å²) in [6, 6.07) is 11.6. The van der Waals surface area contributed by atoms with Crippen LogP contribution in [-0.2, 0) is 32.0 Å². The van der Waals surface area contributed by atoms with Crippen molar-refractivity contribution < 1.29 is 34.1 Å². The minimum absolute atomic E-state index is 0.0497. The molecule has 0 aliphatic carbocycles. The van der Waals surface area contributed by atoms with Gasteiger partial charge in [0.2, 0.25) is 11.8 Å². The standard InChI is InChI=1S/C26H33N3O7/c1-16(22(31)28-21(24(33)34)15-17-8-6-5-7-9-17)27-23(32)20(29-25(35)36-26(2,3)4)14-18-10-12-19(30)13-11-18/h5-13,16,20-21,30H,14-15H2,1-4H3,(H,27,32)(H,28,31)(H,29,35)(H,33,34). The quantitative estimate of drug-likeness (QED) is 0.336. The zero-order valence-electron chi connectivity index (χ0n) is 20.8. The summed E-state index contributed by atoms with van der Waals surface area (Å²) in [4.78, 5) is 49.7. The Morgan fingerprint density at radius 2 is 1.36 bits per heavy atom. The molecule has 0 bridgehead atoms. The van der Waals surface area contributed by atoms with E-state index in [1.807, 2.05) is 0 Å². The second kappa shape index (κ2) is 12.6. The van der Waals surface area contributed by atoms with E-state index in [9.17, 15) is 29.4 Å². The minimum atomic E-state index is -1.21. The van der Waals surface area contributed by atoms with Gasteiger partial charge in [0.15, 0.2) is 0 Å². The molecule has 0 radical (unpaired) electrons. The van der Waals surface area contributed by atoms with Crippen LogP contribution in [0.2, 0.25) is 0 Å². The largest absolute Gasteiger partial charge is 0.508 e. The van der Waals surface area contributed by atoms with Crippen molar-refractivity contribution in [3.05, 3.63) is 65.7 Å². The molecule has 0 spiro atoms. The van der Waals surface area contributed by atoms with E-state index in [4.69, 9.17) is 4.74 Å². The third kappa shape index (κ3) is 9.65. The van der Waals surface area contributed by atoms with Gasteiger partial charge in [-0.15, -0.1) is 0 Å². The number of carbonyl (C=O) groups is 4. The SMILES string of the molecule is CC(NC(=O)C(Cc1ccc(O)cc1)NC(=O)OC(C)(C)C)C(=O)NC(Cc1ccccc1)C(=O)O. The van der Waals surface area contributed by atoms with Crippen LogP contribution in [0.15, 0.2) is 54.6 Å². The normalized spacial score (nSPS) is 13.6. The number of hydrogen-bond acceptors (Lipinski definition) is 6. The molecule has 0 aromatic heterocycles. The lowest BCUT2D eigenvalue weighted by Gasteiger charge is -2.25. The molecule has 0 aliphatic rings. The molecule has 10 nitrogen and oxygen atoms in total. The summed E-state index contributed by atoms with van der Waals surface area (Å²) in [5, 5.41) is 26.5. The number of phenols is 1. The zero-order chi connectivity index (χ0) is 26.9. The predicted molar refractivity (Wildman–Crippen MR) is 132 cm³/mol. The van der Waals surface area contributed by atoms with Crippen LogP contribution in [0, 0.1) is 0 Å². The van der Waals surface area contributed by atoms with Crippen LogP contribution in [0.5, 0.6) is 5.75 Å². The number of phenolic OH excluding ortho intramolecular Hbond substituents is 1. The molecule has 5 N–H and O–H groups in total. The Hall–Kier alpha value is -4.08. The van der Waals surface area contributed by atoms with Crippen molar-refractivity contribution in [3.8, 4) is 5.75 Å². The van der Waals surface area contributed by atoms with Gasteiger partial charge in [0.1, 0.15) is 29.5 Å². The molecule has 0 saturated heterocycles. The minimum Gasteiger partial charge on any atom is -0.508 e. The van der Waals surface area contributed by atoms with E-state index >= 15 is 0 Å². The number of carboxylic acids is 1. The number of hydrogen-bond donors (Lipinski definition) is 5.